The number of hydrogen-bond acceptors (Lipinski definition) is 3. The monoisotopic (exact) mass is 387 g/mol. The van der Waals surface area contributed by atoms with E-state index in [4.69, 9.17) is 4.74 Å². The van der Waals surface area contributed by atoms with Gasteiger partial charge >= 0.3 is 12.1 Å². The Morgan fingerprint density at radius 1 is 1.11 bits per heavy atom. The minimum atomic E-state index is -0.693. The minimum Gasteiger partial charge on any atom is -0.481 e. The highest BCUT2D eigenvalue weighted by molar-refractivity contribution is 5.70. The molecule has 154 valence electrons. The molecule has 1 amide bonds. The number of carboxylic acids is 1. The molecular weight excluding hydrogens is 354 g/mol. The largest absolute Gasteiger partial charge is 0.481 e. The topological polar surface area (TPSA) is 66.8 Å². The smallest absolute Gasteiger partial charge is 0.410 e. The molecule has 28 heavy (non-hydrogen) atoms. The number of carbonyl (C=O) groups excluding carboxylic acids is 1. The first-order valence-electron chi connectivity index (χ1n) is 10.5. The zero-order chi connectivity index (χ0) is 20.5. The number of benzene rings is 1. The molecule has 0 spiro atoms. The van der Waals surface area contributed by atoms with Gasteiger partial charge in [-0.05, 0) is 71.3 Å². The number of hydrogen-bond donors (Lipinski definition) is 1. The normalized spacial score (nSPS) is 28.3. The van der Waals surface area contributed by atoms with Crippen LogP contribution in [0.1, 0.15) is 71.3 Å². The van der Waals surface area contributed by atoms with Gasteiger partial charge in [0.1, 0.15) is 5.60 Å². The maximum absolute atomic E-state index is 13.1. The van der Waals surface area contributed by atoms with E-state index in [-0.39, 0.29) is 24.1 Å². The van der Waals surface area contributed by atoms with E-state index in [0.717, 1.165) is 19.3 Å². The van der Waals surface area contributed by atoms with Crippen LogP contribution in [-0.4, -0.2) is 39.8 Å². The second-order valence-corrected chi connectivity index (χ2v) is 9.40. The average Bonchev–Trinajstić information content (AvgIpc) is 3.41. The lowest BCUT2D eigenvalue weighted by atomic mass is 9.78. The molecule has 3 atom stereocenters. The summed E-state index contributed by atoms with van der Waals surface area (Å²) in [7, 11) is 0. The van der Waals surface area contributed by atoms with Crippen molar-refractivity contribution in [2.24, 2.45) is 11.8 Å². The SMILES string of the molecule is C[C@@H](C1CCC(C(=O)O)CC1)N(C(=O)OC(C)(C)C)C1CC1c1ccccc1. The standard InChI is InChI=1S/C23H33NO4/c1-15(16-10-12-18(13-11-16)21(25)26)24(22(27)28-23(2,3)4)20-14-19(20)17-8-6-5-7-9-17/h5-9,15-16,18-20H,10-14H2,1-4H3,(H,25,26)/t15-,16?,18?,19?,20?/m0/s1. The highest BCUT2D eigenvalue weighted by atomic mass is 16.6. The molecule has 2 unspecified atom stereocenters. The molecule has 5 heteroatoms. The fraction of sp³-hybridized carbons (Fsp3) is 0.652. The number of rotatable bonds is 5. The number of aliphatic carboxylic acids is 1. The van der Waals surface area contributed by atoms with Crippen LogP contribution in [0.2, 0.25) is 0 Å². The van der Waals surface area contributed by atoms with Gasteiger partial charge in [0.15, 0.2) is 0 Å². The summed E-state index contributed by atoms with van der Waals surface area (Å²) in [5, 5.41) is 9.26. The maximum Gasteiger partial charge on any atom is 0.410 e. The Hall–Kier alpha value is -2.04. The predicted octanol–water partition coefficient (Wildman–Crippen LogP) is 5.06. The van der Waals surface area contributed by atoms with Crippen LogP contribution in [-0.2, 0) is 9.53 Å². The number of carbonyl (C=O) groups is 2. The molecule has 2 aliphatic rings. The third kappa shape index (κ3) is 4.86. The second-order valence-electron chi connectivity index (χ2n) is 9.40. The zero-order valence-electron chi connectivity index (χ0n) is 17.4. The number of nitrogens with zero attached hydrogens (tertiary/aromatic N) is 1. The third-order valence-corrected chi connectivity index (χ3v) is 6.19. The molecule has 3 rings (SSSR count). The fourth-order valence-electron chi connectivity index (χ4n) is 4.54. The molecule has 1 aromatic carbocycles. The Kier molecular flexibility index (Phi) is 6.01. The van der Waals surface area contributed by atoms with Gasteiger partial charge in [0.25, 0.3) is 0 Å². The number of carboxylic acid groups (broad SMARTS) is 1. The first-order chi connectivity index (χ1) is 13.2. The number of amides is 1. The van der Waals surface area contributed by atoms with Crippen molar-refractivity contribution in [3.05, 3.63) is 35.9 Å². The van der Waals surface area contributed by atoms with Crippen molar-refractivity contribution in [2.75, 3.05) is 0 Å². The summed E-state index contributed by atoms with van der Waals surface area (Å²) < 4.78 is 5.75. The molecule has 0 heterocycles. The summed E-state index contributed by atoms with van der Waals surface area (Å²) >= 11 is 0. The second kappa shape index (κ2) is 8.14. The van der Waals surface area contributed by atoms with Gasteiger partial charge in [0.2, 0.25) is 0 Å². The van der Waals surface area contributed by atoms with Crippen LogP contribution in [0, 0.1) is 11.8 Å². The fourth-order valence-corrected chi connectivity index (χ4v) is 4.54. The summed E-state index contributed by atoms with van der Waals surface area (Å²) in [6.45, 7) is 7.80. The molecule has 0 saturated heterocycles. The quantitative estimate of drug-likeness (QED) is 0.767. The molecule has 2 saturated carbocycles. The number of ether oxygens (including phenoxy) is 1. The van der Waals surface area contributed by atoms with Gasteiger partial charge in [-0.1, -0.05) is 30.3 Å². The molecule has 0 aromatic heterocycles. The summed E-state index contributed by atoms with van der Waals surface area (Å²) in [4.78, 5) is 26.3. The summed E-state index contributed by atoms with van der Waals surface area (Å²) in [5.41, 5.74) is 0.732. The van der Waals surface area contributed by atoms with E-state index in [9.17, 15) is 14.7 Å². The first-order valence-corrected chi connectivity index (χ1v) is 10.5. The molecule has 0 bridgehead atoms. The maximum atomic E-state index is 13.1. The van der Waals surface area contributed by atoms with E-state index < -0.39 is 11.6 Å². The average molecular weight is 388 g/mol. The minimum absolute atomic E-state index is 0.0447. The van der Waals surface area contributed by atoms with Gasteiger partial charge < -0.3 is 14.7 Å². The van der Waals surface area contributed by atoms with E-state index >= 15 is 0 Å². The molecule has 1 aromatic rings. The molecule has 2 fully saturated rings. The Morgan fingerprint density at radius 3 is 2.25 bits per heavy atom. The van der Waals surface area contributed by atoms with Crippen molar-refractivity contribution in [1.82, 2.24) is 4.90 Å². The van der Waals surface area contributed by atoms with Crippen LogP contribution in [0.5, 0.6) is 0 Å². The van der Waals surface area contributed by atoms with Crippen LogP contribution in [0.25, 0.3) is 0 Å². The lowest BCUT2D eigenvalue weighted by Gasteiger charge is -2.39. The van der Waals surface area contributed by atoms with Gasteiger partial charge in [-0.3, -0.25) is 4.79 Å². The highest BCUT2D eigenvalue weighted by Crippen LogP contribution is 2.47. The van der Waals surface area contributed by atoms with Crippen molar-refractivity contribution in [1.29, 1.82) is 0 Å². The van der Waals surface area contributed by atoms with Crippen LogP contribution in [0.3, 0.4) is 0 Å². The highest BCUT2D eigenvalue weighted by Gasteiger charge is 2.49. The van der Waals surface area contributed by atoms with Crippen molar-refractivity contribution in [3.8, 4) is 0 Å². The van der Waals surface area contributed by atoms with Gasteiger partial charge in [0, 0.05) is 18.0 Å². The Morgan fingerprint density at radius 2 is 1.71 bits per heavy atom. The van der Waals surface area contributed by atoms with E-state index in [1.807, 2.05) is 43.9 Å². The van der Waals surface area contributed by atoms with Gasteiger partial charge in [-0.25, -0.2) is 4.79 Å². The first kappa shape index (κ1) is 20.7. The van der Waals surface area contributed by atoms with Gasteiger partial charge in [0.05, 0.1) is 5.92 Å². The van der Waals surface area contributed by atoms with Crippen LogP contribution < -0.4 is 0 Å². The summed E-state index contributed by atoms with van der Waals surface area (Å²) in [5.74, 6) is -0.260. The van der Waals surface area contributed by atoms with Crippen molar-refractivity contribution >= 4 is 12.1 Å². The van der Waals surface area contributed by atoms with Crippen LogP contribution in [0.4, 0.5) is 4.79 Å². The molecule has 0 radical (unpaired) electrons. The Labute approximate surface area is 168 Å². The molecule has 2 aliphatic carbocycles. The Bertz CT molecular complexity index is 688. The zero-order valence-corrected chi connectivity index (χ0v) is 17.4. The summed E-state index contributed by atoms with van der Waals surface area (Å²) in [6.07, 6.45) is 3.79. The van der Waals surface area contributed by atoms with E-state index in [0.29, 0.717) is 24.7 Å². The van der Waals surface area contributed by atoms with Crippen molar-refractivity contribution in [3.63, 3.8) is 0 Å². The van der Waals surface area contributed by atoms with E-state index in [1.54, 1.807) is 0 Å². The van der Waals surface area contributed by atoms with Gasteiger partial charge in [-0.2, -0.15) is 0 Å². The predicted molar refractivity (Wildman–Crippen MR) is 108 cm³/mol. The molecule has 0 aliphatic heterocycles. The van der Waals surface area contributed by atoms with Crippen LogP contribution in [0.15, 0.2) is 30.3 Å². The molecule has 1 N–H and O–H groups in total. The van der Waals surface area contributed by atoms with Crippen LogP contribution >= 0.6 is 0 Å². The van der Waals surface area contributed by atoms with Gasteiger partial charge in [-0.15, -0.1) is 0 Å². The molecular formula is C23H33NO4. The lowest BCUT2D eigenvalue weighted by Crippen LogP contribution is -2.48. The Balaban J connectivity index is 1.73. The lowest BCUT2D eigenvalue weighted by molar-refractivity contribution is -0.143. The third-order valence-electron chi connectivity index (χ3n) is 6.19. The van der Waals surface area contributed by atoms with Crippen molar-refractivity contribution < 1.29 is 19.4 Å². The van der Waals surface area contributed by atoms with E-state index in [2.05, 4.69) is 19.1 Å². The molecule has 5 nitrogen and oxygen atoms in total. The summed E-state index contributed by atoms with van der Waals surface area (Å²) in [6, 6.07) is 10.5. The van der Waals surface area contributed by atoms with Crippen molar-refractivity contribution in [2.45, 2.75) is 83.4 Å². The van der Waals surface area contributed by atoms with E-state index in [1.165, 1.54) is 5.56 Å².